The number of nitrogens with zero attached hydrogens (tertiary/aromatic N) is 2. The van der Waals surface area contributed by atoms with E-state index in [4.69, 9.17) is 5.73 Å². The summed E-state index contributed by atoms with van der Waals surface area (Å²) in [7, 11) is 0. The minimum atomic E-state index is -0.994. The second-order valence-corrected chi connectivity index (χ2v) is 5.20. The molecule has 0 atom stereocenters. The molecule has 0 fully saturated rings. The lowest BCUT2D eigenvalue weighted by atomic mass is 10.0. The average Bonchev–Trinajstić information content (AvgIpc) is 2.70. The maximum Gasteiger partial charge on any atom is 0.339 e. The lowest BCUT2D eigenvalue weighted by molar-refractivity contribution is 0.0697. The van der Waals surface area contributed by atoms with Crippen molar-refractivity contribution >= 4 is 17.5 Å². The molecule has 0 unspecified atom stereocenters. The molecule has 5 nitrogen and oxygen atoms in total. The van der Waals surface area contributed by atoms with Gasteiger partial charge in [-0.25, -0.2) is 9.78 Å². The van der Waals surface area contributed by atoms with Crippen molar-refractivity contribution in [2.45, 2.75) is 12.8 Å². The van der Waals surface area contributed by atoms with Crippen molar-refractivity contribution in [1.29, 1.82) is 0 Å². The quantitative estimate of drug-likeness (QED) is 0.881. The molecule has 3 rings (SSSR count). The van der Waals surface area contributed by atoms with E-state index in [-0.39, 0.29) is 5.56 Å². The van der Waals surface area contributed by atoms with Gasteiger partial charge in [0.25, 0.3) is 0 Å². The van der Waals surface area contributed by atoms with Crippen molar-refractivity contribution in [3.05, 3.63) is 53.2 Å². The van der Waals surface area contributed by atoms with Crippen molar-refractivity contribution < 1.29 is 9.90 Å². The second kappa shape index (κ2) is 5.44. The van der Waals surface area contributed by atoms with Gasteiger partial charge in [0, 0.05) is 13.1 Å². The van der Waals surface area contributed by atoms with E-state index in [0.717, 1.165) is 25.9 Å². The Hall–Kier alpha value is -2.56. The van der Waals surface area contributed by atoms with Gasteiger partial charge in [0.05, 0.1) is 11.9 Å². The first-order valence-corrected chi connectivity index (χ1v) is 6.95. The largest absolute Gasteiger partial charge is 0.478 e. The van der Waals surface area contributed by atoms with Crippen molar-refractivity contribution in [3.8, 4) is 0 Å². The van der Waals surface area contributed by atoms with Gasteiger partial charge in [0.1, 0.15) is 11.4 Å². The zero-order chi connectivity index (χ0) is 14.8. The number of carbonyl (C=O) groups is 1. The summed E-state index contributed by atoms with van der Waals surface area (Å²) in [6.45, 7) is 1.52. The first kappa shape index (κ1) is 13.4. The monoisotopic (exact) mass is 283 g/mol. The maximum atomic E-state index is 11.4. The van der Waals surface area contributed by atoms with Crippen LogP contribution < -0.4 is 10.6 Å². The van der Waals surface area contributed by atoms with E-state index < -0.39 is 5.97 Å². The number of hydrogen-bond acceptors (Lipinski definition) is 4. The molecule has 5 heteroatoms. The number of aromatic nitrogens is 1. The number of benzene rings is 1. The van der Waals surface area contributed by atoms with Crippen LogP contribution in [0.3, 0.4) is 0 Å². The van der Waals surface area contributed by atoms with E-state index in [1.54, 1.807) is 0 Å². The van der Waals surface area contributed by atoms with Gasteiger partial charge in [0.15, 0.2) is 0 Å². The lowest BCUT2D eigenvalue weighted by Gasteiger charge is -2.23. The van der Waals surface area contributed by atoms with Crippen LogP contribution in [0.1, 0.15) is 21.5 Å². The molecule has 1 aliphatic rings. The molecule has 2 aromatic rings. The van der Waals surface area contributed by atoms with E-state index in [2.05, 4.69) is 17.1 Å². The summed E-state index contributed by atoms with van der Waals surface area (Å²) in [6.07, 6.45) is 3.29. The summed E-state index contributed by atoms with van der Waals surface area (Å²) >= 11 is 0. The van der Waals surface area contributed by atoms with E-state index >= 15 is 0 Å². The third kappa shape index (κ3) is 2.67. The van der Waals surface area contributed by atoms with Gasteiger partial charge in [0.2, 0.25) is 0 Å². The first-order chi connectivity index (χ1) is 10.1. The molecule has 1 aromatic carbocycles. The van der Waals surface area contributed by atoms with Crippen molar-refractivity contribution in [3.63, 3.8) is 0 Å². The molecule has 0 aliphatic carbocycles. The van der Waals surface area contributed by atoms with Crippen molar-refractivity contribution in [2.24, 2.45) is 0 Å². The third-order valence-electron chi connectivity index (χ3n) is 3.84. The number of anilines is 2. The van der Waals surface area contributed by atoms with Crippen LogP contribution in [0.25, 0.3) is 0 Å². The SMILES string of the molecule is Nc1cnc(N2CCc3ccccc3CC2)c(C(=O)O)c1. The molecule has 21 heavy (non-hydrogen) atoms. The van der Waals surface area contributed by atoms with Gasteiger partial charge >= 0.3 is 5.97 Å². The van der Waals surface area contributed by atoms with Crippen molar-refractivity contribution in [2.75, 3.05) is 23.7 Å². The Morgan fingerprint density at radius 1 is 1.19 bits per heavy atom. The normalized spacial score (nSPS) is 14.4. The molecular weight excluding hydrogens is 266 g/mol. The zero-order valence-corrected chi connectivity index (χ0v) is 11.6. The molecule has 108 valence electrons. The van der Waals surface area contributed by atoms with E-state index in [0.29, 0.717) is 11.5 Å². The summed E-state index contributed by atoms with van der Waals surface area (Å²) < 4.78 is 0. The minimum absolute atomic E-state index is 0.168. The van der Waals surface area contributed by atoms with Crippen LogP contribution in [-0.2, 0) is 12.8 Å². The summed E-state index contributed by atoms with van der Waals surface area (Å²) in [5.74, 6) is -0.490. The minimum Gasteiger partial charge on any atom is -0.478 e. The standard InChI is InChI=1S/C16H17N3O2/c17-13-9-14(16(20)21)15(18-10-13)19-7-5-11-3-1-2-4-12(11)6-8-19/h1-4,9-10H,5-8,17H2,(H,20,21). The Bertz CT molecular complexity index is 658. The number of aromatic carboxylic acids is 1. The second-order valence-electron chi connectivity index (χ2n) is 5.20. The molecule has 0 spiro atoms. The molecule has 0 radical (unpaired) electrons. The topological polar surface area (TPSA) is 79.5 Å². The number of fused-ring (bicyclic) bond motifs is 1. The Morgan fingerprint density at radius 3 is 2.38 bits per heavy atom. The molecule has 0 amide bonds. The number of carboxylic acid groups (broad SMARTS) is 1. The van der Waals surface area contributed by atoms with Crippen LogP contribution in [0.15, 0.2) is 36.5 Å². The fraction of sp³-hybridized carbons (Fsp3) is 0.250. The Balaban J connectivity index is 1.91. The lowest BCUT2D eigenvalue weighted by Crippen LogP contribution is -2.29. The van der Waals surface area contributed by atoms with Crippen LogP contribution in [0, 0.1) is 0 Å². The highest BCUT2D eigenvalue weighted by Gasteiger charge is 2.20. The van der Waals surface area contributed by atoms with Crippen molar-refractivity contribution in [1.82, 2.24) is 4.98 Å². The molecule has 1 aliphatic heterocycles. The Kier molecular flexibility index (Phi) is 3.48. The van der Waals surface area contributed by atoms with Crippen LogP contribution in [0.4, 0.5) is 11.5 Å². The highest BCUT2D eigenvalue weighted by atomic mass is 16.4. The predicted octanol–water partition coefficient (Wildman–Crippen LogP) is 1.97. The number of rotatable bonds is 2. The fourth-order valence-corrected chi connectivity index (χ4v) is 2.76. The van der Waals surface area contributed by atoms with Gasteiger partial charge in [-0.3, -0.25) is 0 Å². The molecule has 2 heterocycles. The summed E-state index contributed by atoms with van der Waals surface area (Å²) in [5, 5.41) is 9.34. The van der Waals surface area contributed by atoms with Crippen LogP contribution in [0.2, 0.25) is 0 Å². The first-order valence-electron chi connectivity index (χ1n) is 6.95. The molecule has 3 N–H and O–H groups in total. The van der Waals surface area contributed by atoms with Gasteiger partial charge < -0.3 is 15.7 Å². The molecule has 0 bridgehead atoms. The van der Waals surface area contributed by atoms with Gasteiger partial charge in [-0.1, -0.05) is 24.3 Å². The zero-order valence-electron chi connectivity index (χ0n) is 11.6. The summed E-state index contributed by atoms with van der Waals surface area (Å²) in [6, 6.07) is 9.82. The van der Waals surface area contributed by atoms with E-state index in [1.807, 2.05) is 17.0 Å². The molecular formula is C16H17N3O2. The van der Waals surface area contributed by atoms with E-state index in [9.17, 15) is 9.90 Å². The molecule has 0 saturated carbocycles. The average molecular weight is 283 g/mol. The highest BCUT2D eigenvalue weighted by Crippen LogP contribution is 2.24. The van der Waals surface area contributed by atoms with Crippen LogP contribution >= 0.6 is 0 Å². The van der Waals surface area contributed by atoms with Crippen LogP contribution in [0.5, 0.6) is 0 Å². The fourth-order valence-electron chi connectivity index (χ4n) is 2.76. The summed E-state index contributed by atoms with van der Waals surface area (Å²) in [4.78, 5) is 17.7. The van der Waals surface area contributed by atoms with Crippen LogP contribution in [-0.4, -0.2) is 29.1 Å². The number of nitrogen functional groups attached to an aromatic ring is 1. The molecule has 0 saturated heterocycles. The third-order valence-corrected chi connectivity index (χ3v) is 3.84. The molecule has 1 aromatic heterocycles. The number of pyridine rings is 1. The number of hydrogen-bond donors (Lipinski definition) is 2. The summed E-state index contributed by atoms with van der Waals surface area (Å²) in [5.41, 5.74) is 8.84. The van der Waals surface area contributed by atoms with Gasteiger partial charge in [-0.15, -0.1) is 0 Å². The number of carboxylic acids is 1. The van der Waals surface area contributed by atoms with Gasteiger partial charge in [-0.2, -0.15) is 0 Å². The smallest absolute Gasteiger partial charge is 0.339 e. The maximum absolute atomic E-state index is 11.4. The van der Waals surface area contributed by atoms with E-state index in [1.165, 1.54) is 23.4 Å². The highest BCUT2D eigenvalue weighted by molar-refractivity contribution is 5.94. The Morgan fingerprint density at radius 2 is 1.81 bits per heavy atom. The predicted molar refractivity (Wildman–Crippen MR) is 81.7 cm³/mol. The Labute approximate surface area is 123 Å². The number of nitrogens with two attached hydrogens (primary N) is 1. The van der Waals surface area contributed by atoms with Gasteiger partial charge in [-0.05, 0) is 30.0 Å².